The third-order valence-corrected chi connectivity index (χ3v) is 2.39. The quantitative estimate of drug-likeness (QED) is 0.568. The predicted octanol–water partition coefficient (Wildman–Crippen LogP) is -0.103. The van der Waals surface area contributed by atoms with Gasteiger partial charge in [-0.15, -0.1) is 0 Å². The standard InChI is InChI=1S/C7H9BrN2O4/c8-1-4(11)6(12)3-2-9-10-5(3)7(13)14/h2,4,6,11-12H,1H2,(H,9,10)(H,13,14). The zero-order chi connectivity index (χ0) is 10.7. The second-order valence-corrected chi connectivity index (χ2v) is 3.32. The number of carboxylic acids is 1. The van der Waals surface area contributed by atoms with Gasteiger partial charge in [0.15, 0.2) is 0 Å². The van der Waals surface area contributed by atoms with Crippen LogP contribution in [-0.2, 0) is 0 Å². The van der Waals surface area contributed by atoms with E-state index in [0.717, 1.165) is 0 Å². The minimum atomic E-state index is -1.26. The molecule has 2 atom stereocenters. The van der Waals surface area contributed by atoms with Crippen molar-refractivity contribution in [3.8, 4) is 0 Å². The summed E-state index contributed by atoms with van der Waals surface area (Å²) in [5.41, 5.74) is -0.137. The van der Waals surface area contributed by atoms with Gasteiger partial charge >= 0.3 is 5.97 Å². The van der Waals surface area contributed by atoms with Gasteiger partial charge in [0.2, 0.25) is 0 Å². The molecule has 78 valence electrons. The molecule has 4 N–H and O–H groups in total. The lowest BCUT2D eigenvalue weighted by molar-refractivity contribution is 0.0328. The first-order chi connectivity index (χ1) is 6.57. The summed E-state index contributed by atoms with van der Waals surface area (Å²) in [5, 5.41) is 33.3. The van der Waals surface area contributed by atoms with Gasteiger partial charge in [0, 0.05) is 10.9 Å². The van der Waals surface area contributed by atoms with Gasteiger partial charge in [-0.2, -0.15) is 5.10 Å². The number of aliphatic hydroxyl groups is 2. The topological polar surface area (TPSA) is 106 Å². The Morgan fingerprint density at radius 2 is 2.29 bits per heavy atom. The molecule has 7 heteroatoms. The largest absolute Gasteiger partial charge is 0.477 e. The van der Waals surface area contributed by atoms with Crippen LogP contribution in [0.25, 0.3) is 0 Å². The number of rotatable bonds is 4. The van der Waals surface area contributed by atoms with Crippen LogP contribution in [0.4, 0.5) is 0 Å². The number of carbonyl (C=O) groups is 1. The van der Waals surface area contributed by atoms with Crippen molar-refractivity contribution in [3.63, 3.8) is 0 Å². The Hall–Kier alpha value is -0.920. The lowest BCUT2D eigenvalue weighted by Gasteiger charge is -2.14. The molecule has 0 amide bonds. The lowest BCUT2D eigenvalue weighted by Crippen LogP contribution is -2.21. The van der Waals surface area contributed by atoms with Gasteiger partial charge in [-0.25, -0.2) is 4.79 Å². The molecule has 0 saturated carbocycles. The molecule has 0 radical (unpaired) electrons. The molecular weight excluding hydrogens is 256 g/mol. The molecule has 0 aliphatic carbocycles. The molecule has 1 rings (SSSR count). The SMILES string of the molecule is O=C(O)c1[nH]ncc1C(O)C(O)CBr. The molecule has 0 aromatic carbocycles. The molecule has 14 heavy (non-hydrogen) atoms. The number of carboxylic acid groups (broad SMARTS) is 1. The van der Waals surface area contributed by atoms with Gasteiger partial charge in [-0.05, 0) is 0 Å². The van der Waals surface area contributed by atoms with Crippen molar-refractivity contribution < 1.29 is 20.1 Å². The number of aliphatic hydroxyl groups excluding tert-OH is 2. The fourth-order valence-electron chi connectivity index (χ4n) is 0.983. The average molecular weight is 265 g/mol. The van der Waals surface area contributed by atoms with Crippen LogP contribution in [0.1, 0.15) is 22.2 Å². The molecule has 1 aromatic heterocycles. The highest BCUT2D eigenvalue weighted by Gasteiger charge is 2.24. The maximum absolute atomic E-state index is 10.6. The van der Waals surface area contributed by atoms with Crippen LogP contribution in [0, 0.1) is 0 Å². The van der Waals surface area contributed by atoms with Crippen molar-refractivity contribution in [2.24, 2.45) is 0 Å². The lowest BCUT2D eigenvalue weighted by atomic mass is 10.1. The Labute approximate surface area is 87.7 Å². The molecule has 0 saturated heterocycles. The zero-order valence-electron chi connectivity index (χ0n) is 7.01. The van der Waals surface area contributed by atoms with Crippen molar-refractivity contribution in [3.05, 3.63) is 17.5 Å². The highest BCUT2D eigenvalue weighted by Crippen LogP contribution is 2.20. The molecule has 2 unspecified atom stereocenters. The summed E-state index contributed by atoms with van der Waals surface area (Å²) in [6.07, 6.45) is -1.15. The smallest absolute Gasteiger partial charge is 0.354 e. The number of hydrogen-bond acceptors (Lipinski definition) is 4. The highest BCUT2D eigenvalue weighted by atomic mass is 79.9. The number of alkyl halides is 1. The number of hydrogen-bond donors (Lipinski definition) is 4. The van der Waals surface area contributed by atoms with Crippen molar-refractivity contribution in [2.75, 3.05) is 5.33 Å². The average Bonchev–Trinajstić information content (AvgIpc) is 2.63. The van der Waals surface area contributed by atoms with Crippen LogP contribution in [0.15, 0.2) is 6.20 Å². The number of halogens is 1. The van der Waals surface area contributed by atoms with Gasteiger partial charge in [-0.3, -0.25) is 5.10 Å². The van der Waals surface area contributed by atoms with Crippen LogP contribution in [0.5, 0.6) is 0 Å². The maximum atomic E-state index is 10.6. The van der Waals surface area contributed by atoms with Crippen LogP contribution in [0.2, 0.25) is 0 Å². The van der Waals surface area contributed by atoms with E-state index in [1.165, 1.54) is 6.20 Å². The monoisotopic (exact) mass is 264 g/mol. The van der Waals surface area contributed by atoms with Gasteiger partial charge in [0.25, 0.3) is 0 Å². The van der Waals surface area contributed by atoms with Crippen molar-refractivity contribution >= 4 is 21.9 Å². The molecule has 0 bridgehead atoms. The summed E-state index contributed by atoms with van der Waals surface area (Å²) >= 11 is 2.97. The zero-order valence-corrected chi connectivity index (χ0v) is 8.60. The number of nitrogens with zero attached hydrogens (tertiary/aromatic N) is 1. The fraction of sp³-hybridized carbons (Fsp3) is 0.429. The van der Waals surface area contributed by atoms with Gasteiger partial charge < -0.3 is 15.3 Å². The Morgan fingerprint density at radius 3 is 2.79 bits per heavy atom. The summed E-state index contributed by atoms with van der Waals surface area (Å²) in [4.78, 5) is 10.6. The van der Waals surface area contributed by atoms with E-state index < -0.39 is 18.2 Å². The molecule has 1 heterocycles. The third-order valence-electron chi connectivity index (χ3n) is 1.72. The molecule has 0 spiro atoms. The van der Waals surface area contributed by atoms with E-state index in [4.69, 9.17) is 5.11 Å². The van der Waals surface area contributed by atoms with E-state index in [0.29, 0.717) is 0 Å². The van der Waals surface area contributed by atoms with Gasteiger partial charge in [-0.1, -0.05) is 15.9 Å². The Bertz CT molecular complexity index is 327. The van der Waals surface area contributed by atoms with E-state index in [9.17, 15) is 15.0 Å². The first-order valence-corrected chi connectivity index (χ1v) is 4.88. The first-order valence-electron chi connectivity index (χ1n) is 3.76. The maximum Gasteiger partial charge on any atom is 0.354 e. The minimum Gasteiger partial charge on any atom is -0.477 e. The van der Waals surface area contributed by atoms with E-state index in [2.05, 4.69) is 26.1 Å². The summed E-state index contributed by atoms with van der Waals surface area (Å²) in [6, 6.07) is 0. The Morgan fingerprint density at radius 1 is 1.64 bits per heavy atom. The van der Waals surface area contributed by atoms with Gasteiger partial charge in [0.1, 0.15) is 11.8 Å². The normalized spacial score (nSPS) is 15.1. The van der Waals surface area contributed by atoms with Crippen molar-refractivity contribution in [1.29, 1.82) is 0 Å². The number of aromatic amines is 1. The predicted molar refractivity (Wildman–Crippen MR) is 50.3 cm³/mol. The summed E-state index contributed by atoms with van der Waals surface area (Å²) in [6.45, 7) is 0. The Balaban J connectivity index is 2.94. The highest BCUT2D eigenvalue weighted by molar-refractivity contribution is 9.09. The molecule has 1 aromatic rings. The van der Waals surface area contributed by atoms with Crippen LogP contribution >= 0.6 is 15.9 Å². The van der Waals surface area contributed by atoms with Crippen LogP contribution < -0.4 is 0 Å². The number of aromatic carboxylic acids is 1. The van der Waals surface area contributed by atoms with Crippen LogP contribution in [0.3, 0.4) is 0 Å². The molecule has 6 nitrogen and oxygen atoms in total. The van der Waals surface area contributed by atoms with Gasteiger partial charge in [0.05, 0.1) is 12.3 Å². The van der Waals surface area contributed by atoms with E-state index in [-0.39, 0.29) is 16.6 Å². The number of aromatic nitrogens is 2. The summed E-state index contributed by atoms with van der Waals surface area (Å²) in [7, 11) is 0. The van der Waals surface area contributed by atoms with E-state index in [1.807, 2.05) is 0 Å². The van der Waals surface area contributed by atoms with Crippen molar-refractivity contribution in [1.82, 2.24) is 10.2 Å². The number of nitrogens with one attached hydrogen (secondary N) is 1. The molecule has 0 fully saturated rings. The fourth-order valence-corrected chi connectivity index (χ4v) is 1.34. The molecule has 0 aliphatic rings. The van der Waals surface area contributed by atoms with E-state index in [1.54, 1.807) is 0 Å². The minimum absolute atomic E-state index is 0.0736. The third kappa shape index (κ3) is 2.11. The van der Waals surface area contributed by atoms with Crippen molar-refractivity contribution in [2.45, 2.75) is 12.2 Å². The summed E-state index contributed by atoms with van der Waals surface area (Å²) < 4.78 is 0. The number of H-pyrrole nitrogens is 1. The van der Waals surface area contributed by atoms with Crippen LogP contribution in [-0.4, -0.2) is 42.9 Å². The second kappa shape index (κ2) is 4.54. The Kier molecular flexibility index (Phi) is 3.62. The summed E-state index contributed by atoms with van der Waals surface area (Å²) in [5.74, 6) is -1.22. The van der Waals surface area contributed by atoms with E-state index >= 15 is 0 Å². The molecular formula is C7H9BrN2O4. The molecule has 0 aliphatic heterocycles. The second-order valence-electron chi connectivity index (χ2n) is 2.67. The first kappa shape index (κ1) is 11.2.